The molecule has 2 unspecified atom stereocenters. The minimum atomic E-state index is 0.297. The maximum atomic E-state index is 11.2. The maximum absolute atomic E-state index is 11.2. The van der Waals surface area contributed by atoms with Gasteiger partial charge >= 0.3 is 0 Å². The highest BCUT2D eigenvalue weighted by molar-refractivity contribution is 9.10. The van der Waals surface area contributed by atoms with Crippen molar-refractivity contribution in [2.24, 2.45) is 5.92 Å². The van der Waals surface area contributed by atoms with Crippen LogP contribution in [-0.4, -0.2) is 5.78 Å². The number of hydrogen-bond acceptors (Lipinski definition) is 2. The first-order chi connectivity index (χ1) is 6.22. The van der Waals surface area contributed by atoms with E-state index in [-0.39, 0.29) is 0 Å². The molecule has 0 amide bonds. The average molecular weight is 259 g/mol. The SMILES string of the molecule is CCC1C(=O)CC1c1cc(Br)cs1. The molecule has 0 aromatic carbocycles. The minimum Gasteiger partial charge on any atom is -0.299 e. The van der Waals surface area contributed by atoms with Crippen molar-refractivity contribution in [3.63, 3.8) is 0 Å². The van der Waals surface area contributed by atoms with Crippen molar-refractivity contribution >= 4 is 33.0 Å². The number of hydrogen-bond donors (Lipinski definition) is 0. The van der Waals surface area contributed by atoms with Gasteiger partial charge in [0.15, 0.2) is 0 Å². The van der Waals surface area contributed by atoms with Gasteiger partial charge in [-0.05, 0) is 28.4 Å². The van der Waals surface area contributed by atoms with Crippen LogP contribution in [0.3, 0.4) is 0 Å². The number of carbonyl (C=O) groups excluding carboxylic acids is 1. The molecule has 1 nitrogen and oxygen atoms in total. The molecule has 0 aliphatic heterocycles. The highest BCUT2D eigenvalue weighted by Gasteiger charge is 2.39. The molecule has 70 valence electrons. The van der Waals surface area contributed by atoms with Crippen molar-refractivity contribution in [2.45, 2.75) is 25.7 Å². The molecule has 2 atom stereocenters. The summed E-state index contributed by atoms with van der Waals surface area (Å²) in [4.78, 5) is 12.6. The second-order valence-corrected chi connectivity index (χ2v) is 5.32. The van der Waals surface area contributed by atoms with Gasteiger partial charge in [0.05, 0.1) is 0 Å². The summed E-state index contributed by atoms with van der Waals surface area (Å²) in [5.74, 6) is 1.25. The largest absolute Gasteiger partial charge is 0.299 e. The number of ketones is 1. The predicted octanol–water partition coefficient (Wildman–Crippen LogP) is 3.59. The Kier molecular flexibility index (Phi) is 2.56. The van der Waals surface area contributed by atoms with Crippen molar-refractivity contribution in [1.29, 1.82) is 0 Å². The lowest BCUT2D eigenvalue weighted by atomic mass is 9.70. The van der Waals surface area contributed by atoms with E-state index in [1.807, 2.05) is 0 Å². The first-order valence-corrected chi connectivity index (χ1v) is 6.16. The molecule has 2 rings (SSSR count). The molecule has 0 N–H and O–H groups in total. The Morgan fingerprint density at radius 2 is 2.46 bits per heavy atom. The first kappa shape index (κ1) is 9.41. The fourth-order valence-electron chi connectivity index (χ4n) is 1.91. The van der Waals surface area contributed by atoms with Crippen LogP contribution in [0.25, 0.3) is 0 Å². The zero-order valence-electron chi connectivity index (χ0n) is 7.42. The Morgan fingerprint density at radius 3 is 2.92 bits per heavy atom. The highest BCUT2D eigenvalue weighted by atomic mass is 79.9. The summed E-state index contributed by atoms with van der Waals surface area (Å²) in [7, 11) is 0. The normalized spacial score (nSPS) is 27.4. The monoisotopic (exact) mass is 258 g/mol. The molecule has 13 heavy (non-hydrogen) atoms. The summed E-state index contributed by atoms with van der Waals surface area (Å²) in [6.45, 7) is 2.09. The van der Waals surface area contributed by atoms with Crippen LogP contribution in [0.15, 0.2) is 15.9 Å². The summed E-state index contributed by atoms with van der Waals surface area (Å²) in [5, 5.41) is 2.09. The third kappa shape index (κ3) is 1.59. The van der Waals surface area contributed by atoms with E-state index >= 15 is 0 Å². The van der Waals surface area contributed by atoms with Crippen molar-refractivity contribution in [1.82, 2.24) is 0 Å². The smallest absolute Gasteiger partial charge is 0.137 e. The molecule has 0 radical (unpaired) electrons. The number of Topliss-reactive ketones (excluding diaryl/α,β-unsaturated/α-hetero) is 1. The van der Waals surface area contributed by atoms with Crippen LogP contribution in [0.1, 0.15) is 30.6 Å². The third-order valence-corrected chi connectivity index (χ3v) is 4.54. The van der Waals surface area contributed by atoms with Crippen LogP contribution in [0, 0.1) is 5.92 Å². The Hall–Kier alpha value is -0.150. The zero-order chi connectivity index (χ0) is 9.42. The molecule has 0 spiro atoms. The van der Waals surface area contributed by atoms with Gasteiger partial charge in [0.2, 0.25) is 0 Å². The van der Waals surface area contributed by atoms with Crippen LogP contribution >= 0.6 is 27.3 Å². The predicted molar refractivity (Wildman–Crippen MR) is 58.2 cm³/mol. The maximum Gasteiger partial charge on any atom is 0.137 e. The van der Waals surface area contributed by atoms with Gasteiger partial charge in [-0.3, -0.25) is 4.79 Å². The Balaban J connectivity index is 2.15. The lowest BCUT2D eigenvalue weighted by Crippen LogP contribution is -2.34. The average Bonchev–Trinajstić information content (AvgIpc) is 2.48. The molecule has 1 heterocycles. The molecule has 3 heteroatoms. The molecule has 1 aromatic rings. The Morgan fingerprint density at radius 1 is 1.69 bits per heavy atom. The topological polar surface area (TPSA) is 17.1 Å². The van der Waals surface area contributed by atoms with Gasteiger partial charge in [0, 0.05) is 33.0 Å². The quantitative estimate of drug-likeness (QED) is 0.793. The van der Waals surface area contributed by atoms with E-state index < -0.39 is 0 Å². The molecule has 0 bridgehead atoms. The van der Waals surface area contributed by atoms with E-state index in [0.29, 0.717) is 17.6 Å². The van der Waals surface area contributed by atoms with Crippen LogP contribution in [0.5, 0.6) is 0 Å². The fraction of sp³-hybridized carbons (Fsp3) is 0.500. The lowest BCUT2D eigenvalue weighted by molar-refractivity contribution is -0.130. The van der Waals surface area contributed by atoms with E-state index in [0.717, 1.165) is 17.3 Å². The summed E-state index contributed by atoms with van der Waals surface area (Å²) >= 11 is 5.19. The molecule has 0 saturated heterocycles. The van der Waals surface area contributed by atoms with Gasteiger partial charge in [0.25, 0.3) is 0 Å². The number of carbonyl (C=O) groups is 1. The summed E-state index contributed by atoms with van der Waals surface area (Å²) in [6.07, 6.45) is 1.74. The molecule has 1 aromatic heterocycles. The molecular formula is C10H11BrOS. The molecule has 1 aliphatic rings. The second kappa shape index (κ2) is 3.54. The van der Waals surface area contributed by atoms with Crippen LogP contribution < -0.4 is 0 Å². The molecule has 1 aliphatic carbocycles. The van der Waals surface area contributed by atoms with Gasteiger partial charge in [-0.1, -0.05) is 6.92 Å². The Labute approximate surface area is 90.3 Å². The fourth-order valence-corrected chi connectivity index (χ4v) is 3.52. The van der Waals surface area contributed by atoms with E-state index in [2.05, 4.69) is 34.3 Å². The Bertz CT molecular complexity index is 331. The molecular weight excluding hydrogens is 248 g/mol. The van der Waals surface area contributed by atoms with E-state index in [4.69, 9.17) is 0 Å². The van der Waals surface area contributed by atoms with Crippen molar-refractivity contribution in [3.05, 3.63) is 20.8 Å². The van der Waals surface area contributed by atoms with Crippen molar-refractivity contribution < 1.29 is 4.79 Å². The lowest BCUT2D eigenvalue weighted by Gasteiger charge is -2.33. The molecule has 1 saturated carbocycles. The van der Waals surface area contributed by atoms with E-state index in [1.54, 1.807) is 11.3 Å². The number of rotatable bonds is 2. The highest BCUT2D eigenvalue weighted by Crippen LogP contribution is 2.44. The van der Waals surface area contributed by atoms with Gasteiger partial charge in [0.1, 0.15) is 5.78 Å². The second-order valence-electron chi connectivity index (χ2n) is 3.46. The third-order valence-electron chi connectivity index (χ3n) is 2.71. The van der Waals surface area contributed by atoms with Crippen LogP contribution in [0.4, 0.5) is 0 Å². The number of thiophene rings is 1. The van der Waals surface area contributed by atoms with Gasteiger partial charge in [-0.25, -0.2) is 0 Å². The zero-order valence-corrected chi connectivity index (χ0v) is 9.82. The van der Waals surface area contributed by atoms with Crippen LogP contribution in [-0.2, 0) is 4.79 Å². The summed E-state index contributed by atoms with van der Waals surface area (Å²) in [5.41, 5.74) is 0. The number of halogens is 1. The van der Waals surface area contributed by atoms with Gasteiger partial charge in [-0.2, -0.15) is 0 Å². The van der Waals surface area contributed by atoms with Crippen molar-refractivity contribution in [2.75, 3.05) is 0 Å². The summed E-state index contributed by atoms with van der Waals surface area (Å²) in [6, 6.07) is 2.14. The standard InChI is InChI=1S/C10H11BrOS/c1-2-7-8(4-9(7)12)10-3-6(11)5-13-10/h3,5,7-8H,2,4H2,1H3. The molecule has 1 fully saturated rings. The van der Waals surface area contributed by atoms with E-state index in [1.165, 1.54) is 4.88 Å². The summed E-state index contributed by atoms with van der Waals surface area (Å²) < 4.78 is 1.14. The van der Waals surface area contributed by atoms with E-state index in [9.17, 15) is 4.79 Å². The van der Waals surface area contributed by atoms with Gasteiger partial charge < -0.3 is 0 Å². The minimum absolute atomic E-state index is 0.297. The van der Waals surface area contributed by atoms with Crippen LogP contribution in [0.2, 0.25) is 0 Å². The van der Waals surface area contributed by atoms with Gasteiger partial charge in [-0.15, -0.1) is 11.3 Å². The van der Waals surface area contributed by atoms with Crippen molar-refractivity contribution in [3.8, 4) is 0 Å². The first-order valence-electron chi connectivity index (χ1n) is 4.49.